The van der Waals surface area contributed by atoms with Gasteiger partial charge in [-0.05, 0) is 32.9 Å². The van der Waals surface area contributed by atoms with E-state index in [0.717, 1.165) is 0 Å². The van der Waals surface area contributed by atoms with Gasteiger partial charge in [0, 0.05) is 0 Å². The Morgan fingerprint density at radius 3 is 2.50 bits per heavy atom. The van der Waals surface area contributed by atoms with Crippen molar-refractivity contribution in [2.45, 2.75) is 32.9 Å². The Morgan fingerprint density at radius 2 is 1.94 bits per heavy atom. The van der Waals surface area contributed by atoms with Crippen LogP contribution in [0.3, 0.4) is 0 Å². The highest BCUT2D eigenvalue weighted by molar-refractivity contribution is 5.95. The molecule has 0 aliphatic heterocycles. The zero-order chi connectivity index (χ0) is 12.1. The fraction of sp³-hybridized carbons (Fsp3) is 0.417. The van der Waals surface area contributed by atoms with Gasteiger partial charge in [-0.2, -0.15) is 0 Å². The van der Waals surface area contributed by atoms with Gasteiger partial charge in [-0.3, -0.25) is 4.79 Å². The molecule has 1 atom stereocenters. The Kier molecular flexibility index (Phi) is 4.31. The molecule has 0 fully saturated rings. The fourth-order valence-electron chi connectivity index (χ4n) is 1.17. The normalized spacial score (nSPS) is 12.3. The maximum atomic E-state index is 11.5. The van der Waals surface area contributed by atoms with Crippen LogP contribution < -0.4 is 15.8 Å². The molecule has 0 unspecified atom stereocenters. The Morgan fingerprint density at radius 1 is 1.31 bits per heavy atom. The quantitative estimate of drug-likeness (QED) is 0.815. The van der Waals surface area contributed by atoms with E-state index in [1.807, 2.05) is 32.0 Å². The van der Waals surface area contributed by atoms with E-state index in [9.17, 15) is 4.79 Å². The predicted molar refractivity (Wildman–Crippen MR) is 64.5 cm³/mol. The van der Waals surface area contributed by atoms with Crippen molar-refractivity contribution in [3.05, 3.63) is 24.3 Å². The number of rotatable bonds is 4. The number of hydrogen-bond donors (Lipinski definition) is 2. The van der Waals surface area contributed by atoms with Crippen LogP contribution in [-0.2, 0) is 4.79 Å². The number of benzene rings is 1. The van der Waals surface area contributed by atoms with Crippen molar-refractivity contribution in [2.75, 3.05) is 5.32 Å². The van der Waals surface area contributed by atoms with Crippen molar-refractivity contribution in [2.24, 2.45) is 5.73 Å². The van der Waals surface area contributed by atoms with E-state index in [1.165, 1.54) is 0 Å². The molecule has 0 aliphatic rings. The van der Waals surface area contributed by atoms with Crippen LogP contribution in [0.2, 0.25) is 0 Å². The number of ether oxygens (including phenoxy) is 1. The standard InChI is InChI=1S/C12H18N2O2/c1-8(2)16-11-7-5-4-6-10(11)14-12(15)9(3)13/h4-9H,13H2,1-3H3,(H,14,15)/t9-/m1/s1. The minimum atomic E-state index is -0.535. The first-order chi connectivity index (χ1) is 7.50. The maximum absolute atomic E-state index is 11.5. The first-order valence-electron chi connectivity index (χ1n) is 5.33. The third-order valence-electron chi connectivity index (χ3n) is 1.92. The van der Waals surface area contributed by atoms with Crippen molar-refractivity contribution in [1.82, 2.24) is 0 Å². The molecule has 3 N–H and O–H groups in total. The average Bonchev–Trinajstić information content (AvgIpc) is 2.20. The van der Waals surface area contributed by atoms with Crippen molar-refractivity contribution < 1.29 is 9.53 Å². The molecular weight excluding hydrogens is 204 g/mol. The number of carbonyl (C=O) groups excluding carboxylic acids is 1. The number of para-hydroxylation sites is 2. The van der Waals surface area contributed by atoms with Gasteiger partial charge in [0.15, 0.2) is 0 Å². The molecule has 88 valence electrons. The van der Waals surface area contributed by atoms with Crippen LogP contribution in [0.4, 0.5) is 5.69 Å². The van der Waals surface area contributed by atoms with Crippen LogP contribution in [0, 0.1) is 0 Å². The van der Waals surface area contributed by atoms with E-state index >= 15 is 0 Å². The molecule has 0 saturated heterocycles. The summed E-state index contributed by atoms with van der Waals surface area (Å²) in [7, 11) is 0. The van der Waals surface area contributed by atoms with Crippen LogP contribution in [0.25, 0.3) is 0 Å². The highest BCUT2D eigenvalue weighted by Crippen LogP contribution is 2.24. The summed E-state index contributed by atoms with van der Waals surface area (Å²) in [6.45, 7) is 5.51. The number of nitrogens with two attached hydrogens (primary N) is 1. The summed E-state index contributed by atoms with van der Waals surface area (Å²) in [5.41, 5.74) is 6.13. The number of amides is 1. The smallest absolute Gasteiger partial charge is 0.241 e. The molecule has 16 heavy (non-hydrogen) atoms. The second-order valence-electron chi connectivity index (χ2n) is 3.94. The van der Waals surface area contributed by atoms with Crippen molar-refractivity contribution in [3.8, 4) is 5.75 Å². The molecule has 1 amide bonds. The fourth-order valence-corrected chi connectivity index (χ4v) is 1.17. The summed E-state index contributed by atoms with van der Waals surface area (Å²) in [5.74, 6) is 0.436. The molecular formula is C12H18N2O2. The summed E-state index contributed by atoms with van der Waals surface area (Å²) >= 11 is 0. The molecule has 0 heterocycles. The van der Waals surface area contributed by atoms with Gasteiger partial charge in [0.05, 0.1) is 17.8 Å². The zero-order valence-electron chi connectivity index (χ0n) is 9.86. The molecule has 0 spiro atoms. The van der Waals surface area contributed by atoms with E-state index in [0.29, 0.717) is 11.4 Å². The molecule has 0 aromatic heterocycles. The largest absolute Gasteiger partial charge is 0.489 e. The highest BCUT2D eigenvalue weighted by Gasteiger charge is 2.11. The molecule has 1 rings (SSSR count). The molecule has 4 heteroatoms. The first-order valence-corrected chi connectivity index (χ1v) is 5.33. The van der Waals surface area contributed by atoms with E-state index in [-0.39, 0.29) is 12.0 Å². The molecule has 0 saturated carbocycles. The van der Waals surface area contributed by atoms with E-state index in [2.05, 4.69) is 5.32 Å². The minimum Gasteiger partial charge on any atom is -0.489 e. The summed E-state index contributed by atoms with van der Waals surface area (Å²) in [4.78, 5) is 11.5. The first kappa shape index (κ1) is 12.5. The van der Waals surface area contributed by atoms with Gasteiger partial charge < -0.3 is 15.8 Å². The van der Waals surface area contributed by atoms with E-state index < -0.39 is 6.04 Å². The van der Waals surface area contributed by atoms with Gasteiger partial charge in [0.2, 0.25) is 5.91 Å². The highest BCUT2D eigenvalue weighted by atomic mass is 16.5. The molecule has 0 radical (unpaired) electrons. The van der Waals surface area contributed by atoms with Crippen LogP contribution in [0.15, 0.2) is 24.3 Å². The summed E-state index contributed by atoms with van der Waals surface area (Å²) in [6.07, 6.45) is 0.0633. The number of nitrogens with one attached hydrogen (secondary N) is 1. The lowest BCUT2D eigenvalue weighted by molar-refractivity contribution is -0.117. The second kappa shape index (κ2) is 5.51. The number of carbonyl (C=O) groups is 1. The van der Waals surface area contributed by atoms with Gasteiger partial charge in [-0.15, -0.1) is 0 Å². The second-order valence-corrected chi connectivity index (χ2v) is 3.94. The Labute approximate surface area is 95.8 Å². The van der Waals surface area contributed by atoms with Gasteiger partial charge in [0.25, 0.3) is 0 Å². The number of anilines is 1. The van der Waals surface area contributed by atoms with Crippen molar-refractivity contribution >= 4 is 11.6 Å². The summed E-state index contributed by atoms with van der Waals surface area (Å²) in [6, 6.07) is 6.77. The Bertz CT molecular complexity index is 362. The lowest BCUT2D eigenvalue weighted by atomic mass is 10.2. The summed E-state index contributed by atoms with van der Waals surface area (Å²) < 4.78 is 5.57. The SMILES string of the molecule is CC(C)Oc1ccccc1NC(=O)[C@@H](C)N. The topological polar surface area (TPSA) is 64.3 Å². The molecule has 0 bridgehead atoms. The molecule has 0 aliphatic carbocycles. The molecule has 1 aromatic rings. The third kappa shape index (κ3) is 3.55. The van der Waals surface area contributed by atoms with Crippen LogP contribution in [0.5, 0.6) is 5.75 Å². The monoisotopic (exact) mass is 222 g/mol. The Balaban J connectivity index is 2.82. The maximum Gasteiger partial charge on any atom is 0.241 e. The van der Waals surface area contributed by atoms with Gasteiger partial charge in [-0.25, -0.2) is 0 Å². The lowest BCUT2D eigenvalue weighted by Gasteiger charge is -2.15. The van der Waals surface area contributed by atoms with Crippen LogP contribution in [0.1, 0.15) is 20.8 Å². The molecule has 4 nitrogen and oxygen atoms in total. The van der Waals surface area contributed by atoms with Crippen LogP contribution >= 0.6 is 0 Å². The minimum absolute atomic E-state index is 0.0633. The van der Waals surface area contributed by atoms with Crippen molar-refractivity contribution in [3.63, 3.8) is 0 Å². The van der Waals surface area contributed by atoms with E-state index in [1.54, 1.807) is 13.0 Å². The lowest BCUT2D eigenvalue weighted by Crippen LogP contribution is -2.32. The van der Waals surface area contributed by atoms with E-state index in [4.69, 9.17) is 10.5 Å². The zero-order valence-corrected chi connectivity index (χ0v) is 9.86. The third-order valence-corrected chi connectivity index (χ3v) is 1.92. The Hall–Kier alpha value is -1.55. The molecule has 1 aromatic carbocycles. The van der Waals surface area contributed by atoms with Gasteiger partial charge >= 0.3 is 0 Å². The van der Waals surface area contributed by atoms with Gasteiger partial charge in [-0.1, -0.05) is 12.1 Å². The van der Waals surface area contributed by atoms with Gasteiger partial charge in [0.1, 0.15) is 5.75 Å². The van der Waals surface area contributed by atoms with Crippen molar-refractivity contribution in [1.29, 1.82) is 0 Å². The average molecular weight is 222 g/mol. The summed E-state index contributed by atoms with van der Waals surface area (Å²) in [5, 5.41) is 2.73. The van der Waals surface area contributed by atoms with Crippen LogP contribution in [-0.4, -0.2) is 18.1 Å². The predicted octanol–water partition coefficient (Wildman–Crippen LogP) is 1.76. The number of hydrogen-bond acceptors (Lipinski definition) is 3.